The predicted octanol–water partition coefficient (Wildman–Crippen LogP) is 13.8. The van der Waals surface area contributed by atoms with Gasteiger partial charge in [0.2, 0.25) is 0 Å². The number of hydrogen-bond donors (Lipinski definition) is 0. The SMILES string of the molecule is CC1(C)c2ccccc2-c2cc(N(c3ccc4c(c3)C(C)(C)c3ccccc3-4)c3ccccc3-c3cccc4c3sc3ccccc34)ccc21. The van der Waals surface area contributed by atoms with Gasteiger partial charge in [0, 0.05) is 53.5 Å². The van der Waals surface area contributed by atoms with Crippen LogP contribution >= 0.6 is 11.3 Å². The average Bonchev–Trinajstić information content (AvgIpc) is 3.72. The number of anilines is 3. The Balaban J connectivity index is 1.23. The van der Waals surface area contributed by atoms with E-state index in [1.165, 1.54) is 92.9 Å². The number of fused-ring (bicyclic) bond motifs is 9. The van der Waals surface area contributed by atoms with Crippen molar-refractivity contribution in [2.75, 3.05) is 4.90 Å². The minimum Gasteiger partial charge on any atom is -0.310 e. The van der Waals surface area contributed by atoms with E-state index in [9.17, 15) is 0 Å². The predicted molar refractivity (Wildman–Crippen MR) is 215 cm³/mol. The van der Waals surface area contributed by atoms with Gasteiger partial charge in [0.15, 0.2) is 0 Å². The number of thiophene rings is 1. The summed E-state index contributed by atoms with van der Waals surface area (Å²) in [7, 11) is 0. The molecule has 1 nitrogen and oxygen atoms in total. The molecule has 0 atom stereocenters. The van der Waals surface area contributed by atoms with Crippen LogP contribution in [-0.2, 0) is 10.8 Å². The molecule has 240 valence electrons. The van der Waals surface area contributed by atoms with Gasteiger partial charge in [0.1, 0.15) is 0 Å². The lowest BCUT2D eigenvalue weighted by molar-refractivity contribution is 0.660. The molecule has 0 aliphatic heterocycles. The van der Waals surface area contributed by atoms with Gasteiger partial charge in [0.25, 0.3) is 0 Å². The van der Waals surface area contributed by atoms with Gasteiger partial charge in [-0.05, 0) is 80.9 Å². The summed E-state index contributed by atoms with van der Waals surface area (Å²) in [6.07, 6.45) is 0. The van der Waals surface area contributed by atoms with E-state index >= 15 is 0 Å². The molecule has 2 aliphatic carbocycles. The molecule has 50 heavy (non-hydrogen) atoms. The zero-order valence-electron chi connectivity index (χ0n) is 28.8. The van der Waals surface area contributed by atoms with Crippen LogP contribution in [-0.4, -0.2) is 0 Å². The Labute approximate surface area is 298 Å². The molecule has 0 radical (unpaired) electrons. The van der Waals surface area contributed by atoms with Crippen molar-refractivity contribution in [2.45, 2.75) is 38.5 Å². The lowest BCUT2D eigenvalue weighted by Crippen LogP contribution is -2.17. The summed E-state index contributed by atoms with van der Waals surface area (Å²) in [6, 6.07) is 56.8. The van der Waals surface area contributed by atoms with Crippen LogP contribution in [0.1, 0.15) is 49.9 Å². The fourth-order valence-corrected chi connectivity index (χ4v) is 10.2. The van der Waals surface area contributed by atoms with Crippen LogP contribution < -0.4 is 4.90 Å². The van der Waals surface area contributed by atoms with Crippen LogP contribution in [0.5, 0.6) is 0 Å². The summed E-state index contributed by atoms with van der Waals surface area (Å²) in [4.78, 5) is 2.51. The summed E-state index contributed by atoms with van der Waals surface area (Å²) in [5.41, 5.74) is 16.8. The lowest BCUT2D eigenvalue weighted by Gasteiger charge is -2.30. The van der Waals surface area contributed by atoms with Crippen molar-refractivity contribution < 1.29 is 0 Å². The van der Waals surface area contributed by atoms with Gasteiger partial charge in [-0.3, -0.25) is 0 Å². The van der Waals surface area contributed by atoms with E-state index in [4.69, 9.17) is 0 Å². The molecule has 8 aromatic rings. The monoisotopic (exact) mass is 659 g/mol. The van der Waals surface area contributed by atoms with Crippen molar-refractivity contribution in [3.63, 3.8) is 0 Å². The zero-order chi connectivity index (χ0) is 33.8. The summed E-state index contributed by atoms with van der Waals surface area (Å²) in [5, 5.41) is 2.64. The second-order valence-electron chi connectivity index (χ2n) is 14.9. The third-order valence-electron chi connectivity index (χ3n) is 11.5. The minimum absolute atomic E-state index is 0.0482. The van der Waals surface area contributed by atoms with Gasteiger partial charge in [0.05, 0.1) is 5.69 Å². The first kappa shape index (κ1) is 29.5. The van der Waals surface area contributed by atoms with Crippen molar-refractivity contribution in [3.05, 3.63) is 174 Å². The highest BCUT2D eigenvalue weighted by atomic mass is 32.1. The Kier molecular flexibility index (Phi) is 6.21. The molecule has 7 aromatic carbocycles. The average molecular weight is 660 g/mol. The molecule has 0 N–H and O–H groups in total. The van der Waals surface area contributed by atoms with E-state index in [2.05, 4.69) is 184 Å². The molecular formula is C48H37NS. The molecule has 0 amide bonds. The molecule has 0 saturated carbocycles. The minimum atomic E-state index is -0.101. The highest BCUT2D eigenvalue weighted by Crippen LogP contribution is 2.54. The number of hydrogen-bond acceptors (Lipinski definition) is 2. The van der Waals surface area contributed by atoms with E-state index in [-0.39, 0.29) is 10.8 Å². The maximum Gasteiger partial charge on any atom is 0.0540 e. The Morgan fingerprint density at radius 2 is 0.940 bits per heavy atom. The van der Waals surface area contributed by atoms with Crippen molar-refractivity contribution in [3.8, 4) is 33.4 Å². The standard InChI is InChI=1S/C48H37NS/c1-47(2)41-21-10-6-15-33(41)39-28-30(25-27-42(39)47)49(31-24-26-34-32-14-5-9-20-40(32)48(3,4)43(34)29-31)44-22-11-7-16-35(44)37-18-13-19-38-36-17-8-12-23-45(36)50-46(37)38/h5-29H,1-4H3. The number of rotatable bonds is 4. The Bertz CT molecular complexity index is 2670. The fraction of sp³-hybridized carbons (Fsp3) is 0.125. The van der Waals surface area contributed by atoms with E-state index in [1.54, 1.807) is 0 Å². The number of para-hydroxylation sites is 1. The van der Waals surface area contributed by atoms with E-state index in [0.29, 0.717) is 0 Å². The Hall–Kier alpha value is -5.44. The molecule has 1 aromatic heterocycles. The maximum atomic E-state index is 2.51. The van der Waals surface area contributed by atoms with Crippen LogP contribution in [0.25, 0.3) is 53.6 Å². The topological polar surface area (TPSA) is 3.24 Å². The molecule has 0 unspecified atom stereocenters. The van der Waals surface area contributed by atoms with Crippen LogP contribution in [0.2, 0.25) is 0 Å². The van der Waals surface area contributed by atoms with Gasteiger partial charge < -0.3 is 4.90 Å². The molecule has 2 aliphatic rings. The van der Waals surface area contributed by atoms with Crippen LogP contribution in [0.4, 0.5) is 17.1 Å². The van der Waals surface area contributed by atoms with E-state index in [1.807, 2.05) is 11.3 Å². The second-order valence-corrected chi connectivity index (χ2v) is 16.0. The van der Waals surface area contributed by atoms with Crippen molar-refractivity contribution in [1.29, 1.82) is 0 Å². The van der Waals surface area contributed by atoms with Gasteiger partial charge in [-0.25, -0.2) is 0 Å². The lowest BCUT2D eigenvalue weighted by atomic mass is 9.82. The highest BCUT2D eigenvalue weighted by Gasteiger charge is 2.37. The fourth-order valence-electron chi connectivity index (χ4n) is 8.96. The molecule has 2 heteroatoms. The van der Waals surface area contributed by atoms with Gasteiger partial charge in [-0.2, -0.15) is 0 Å². The Morgan fingerprint density at radius 1 is 0.400 bits per heavy atom. The van der Waals surface area contributed by atoms with E-state index in [0.717, 1.165) is 0 Å². The van der Waals surface area contributed by atoms with Crippen molar-refractivity contribution >= 4 is 48.6 Å². The smallest absolute Gasteiger partial charge is 0.0540 e. The first-order chi connectivity index (χ1) is 24.3. The number of nitrogens with zero attached hydrogens (tertiary/aromatic N) is 1. The van der Waals surface area contributed by atoms with Crippen molar-refractivity contribution in [1.82, 2.24) is 0 Å². The molecular weight excluding hydrogens is 623 g/mol. The highest BCUT2D eigenvalue weighted by molar-refractivity contribution is 7.26. The third-order valence-corrected chi connectivity index (χ3v) is 12.7. The summed E-state index contributed by atoms with van der Waals surface area (Å²) in [5.74, 6) is 0. The molecule has 10 rings (SSSR count). The third kappa shape index (κ3) is 4.06. The van der Waals surface area contributed by atoms with E-state index < -0.39 is 0 Å². The zero-order valence-corrected chi connectivity index (χ0v) is 29.6. The second kappa shape index (κ2) is 10.5. The summed E-state index contributed by atoms with van der Waals surface area (Å²) in [6.45, 7) is 9.46. The molecule has 0 bridgehead atoms. The first-order valence-corrected chi connectivity index (χ1v) is 18.4. The quantitative estimate of drug-likeness (QED) is 0.182. The van der Waals surface area contributed by atoms with Gasteiger partial charge in [-0.1, -0.05) is 143 Å². The van der Waals surface area contributed by atoms with Crippen LogP contribution in [0.3, 0.4) is 0 Å². The molecule has 0 spiro atoms. The van der Waals surface area contributed by atoms with Crippen molar-refractivity contribution in [2.24, 2.45) is 0 Å². The number of benzene rings is 7. The molecule has 1 heterocycles. The Morgan fingerprint density at radius 3 is 1.74 bits per heavy atom. The summed E-state index contributed by atoms with van der Waals surface area (Å²) >= 11 is 1.89. The largest absolute Gasteiger partial charge is 0.310 e. The van der Waals surface area contributed by atoms with Gasteiger partial charge in [-0.15, -0.1) is 11.3 Å². The maximum absolute atomic E-state index is 2.51. The van der Waals surface area contributed by atoms with Crippen LogP contribution in [0, 0.1) is 0 Å². The molecule has 0 fully saturated rings. The van der Waals surface area contributed by atoms with Gasteiger partial charge >= 0.3 is 0 Å². The summed E-state index contributed by atoms with van der Waals surface area (Å²) < 4.78 is 2.65. The van der Waals surface area contributed by atoms with Crippen LogP contribution in [0.15, 0.2) is 152 Å². The first-order valence-electron chi connectivity index (χ1n) is 17.6. The normalized spacial score (nSPS) is 14.7. The molecule has 0 saturated heterocycles.